The lowest BCUT2D eigenvalue weighted by Crippen LogP contribution is -2.30. The molecule has 1 aliphatic rings. The highest BCUT2D eigenvalue weighted by molar-refractivity contribution is 7.94. The van der Waals surface area contributed by atoms with E-state index in [2.05, 4.69) is 6.58 Å². The van der Waals surface area contributed by atoms with E-state index in [0.29, 0.717) is 34.6 Å². The first-order valence-corrected chi connectivity index (χ1v) is 9.01. The normalized spacial score (nSPS) is 13.6. The van der Waals surface area contributed by atoms with Crippen molar-refractivity contribution in [3.8, 4) is 11.5 Å². The van der Waals surface area contributed by atoms with Crippen LogP contribution in [0.5, 0.6) is 11.5 Å². The fourth-order valence-corrected chi connectivity index (χ4v) is 4.70. The topological polar surface area (TPSA) is 55.8 Å². The molecule has 1 aliphatic heterocycles. The number of sulfonamides is 1. The second-order valence-electron chi connectivity index (χ2n) is 4.58. The van der Waals surface area contributed by atoms with E-state index in [-0.39, 0.29) is 6.54 Å². The molecule has 22 heavy (non-hydrogen) atoms. The number of nitrogens with zero attached hydrogens (tertiary/aromatic N) is 1. The van der Waals surface area contributed by atoms with Crippen LogP contribution >= 0.6 is 11.3 Å². The average Bonchev–Trinajstić information content (AvgIpc) is 3.07. The summed E-state index contributed by atoms with van der Waals surface area (Å²) >= 11 is 1.19. The number of benzene rings is 1. The molecule has 1 aromatic carbocycles. The van der Waals surface area contributed by atoms with Gasteiger partial charge in [-0.1, -0.05) is 12.1 Å². The monoisotopic (exact) mass is 337 g/mol. The van der Waals surface area contributed by atoms with E-state index in [1.165, 1.54) is 15.6 Å². The predicted octanol–water partition coefficient (Wildman–Crippen LogP) is 2.90. The van der Waals surface area contributed by atoms with Crippen molar-refractivity contribution < 1.29 is 17.9 Å². The number of fused-ring (bicyclic) bond motifs is 1. The van der Waals surface area contributed by atoms with Crippen molar-refractivity contribution in [3.63, 3.8) is 0 Å². The minimum Gasteiger partial charge on any atom is -0.486 e. The van der Waals surface area contributed by atoms with Crippen molar-refractivity contribution in [1.29, 1.82) is 0 Å². The van der Waals surface area contributed by atoms with Crippen molar-refractivity contribution in [2.45, 2.75) is 4.21 Å². The maximum atomic E-state index is 12.8. The Morgan fingerprint density at radius 1 is 1.23 bits per heavy atom. The zero-order valence-electron chi connectivity index (χ0n) is 11.8. The second kappa shape index (κ2) is 6.02. The molecule has 116 valence electrons. The maximum Gasteiger partial charge on any atom is 0.274 e. The molecule has 5 nitrogen and oxygen atoms in total. The summed E-state index contributed by atoms with van der Waals surface area (Å²) in [5.74, 6) is 1.18. The predicted molar refractivity (Wildman–Crippen MR) is 86.5 cm³/mol. The standard InChI is InChI=1S/C15H15NO4S2/c1-2-7-16(22(17,18)15-4-3-10-21-15)12-5-6-13-14(11-12)20-9-8-19-13/h2-6,10-11H,1,7-9H2. The molecule has 0 spiro atoms. The molecular formula is C15H15NO4S2. The molecule has 0 atom stereocenters. The van der Waals surface area contributed by atoms with Gasteiger partial charge in [-0.3, -0.25) is 4.31 Å². The molecule has 3 rings (SSSR count). The van der Waals surface area contributed by atoms with E-state index in [1.807, 2.05) is 0 Å². The lowest BCUT2D eigenvalue weighted by atomic mass is 10.2. The first kappa shape index (κ1) is 14.9. The van der Waals surface area contributed by atoms with Crippen molar-refractivity contribution in [2.24, 2.45) is 0 Å². The molecule has 0 saturated carbocycles. The zero-order valence-corrected chi connectivity index (χ0v) is 13.4. The number of ether oxygens (including phenoxy) is 2. The molecule has 0 bridgehead atoms. The second-order valence-corrected chi connectivity index (χ2v) is 7.62. The Morgan fingerprint density at radius 2 is 2.00 bits per heavy atom. The highest BCUT2D eigenvalue weighted by Gasteiger charge is 2.26. The Morgan fingerprint density at radius 3 is 2.68 bits per heavy atom. The molecule has 2 heterocycles. The highest BCUT2D eigenvalue weighted by atomic mass is 32.2. The SMILES string of the molecule is C=CCN(c1ccc2c(c1)OCCO2)S(=O)(=O)c1cccs1. The summed E-state index contributed by atoms with van der Waals surface area (Å²) < 4.78 is 38.1. The van der Waals surface area contributed by atoms with Gasteiger partial charge in [-0.05, 0) is 23.6 Å². The summed E-state index contributed by atoms with van der Waals surface area (Å²) in [5.41, 5.74) is 0.526. The van der Waals surface area contributed by atoms with E-state index >= 15 is 0 Å². The van der Waals surface area contributed by atoms with Crippen LogP contribution in [-0.2, 0) is 10.0 Å². The molecule has 0 unspecified atom stereocenters. The van der Waals surface area contributed by atoms with Crippen LogP contribution in [-0.4, -0.2) is 28.2 Å². The van der Waals surface area contributed by atoms with Gasteiger partial charge in [-0.2, -0.15) is 0 Å². The fraction of sp³-hybridized carbons (Fsp3) is 0.200. The van der Waals surface area contributed by atoms with Crippen molar-refractivity contribution in [1.82, 2.24) is 0 Å². The van der Waals surface area contributed by atoms with Crippen LogP contribution in [0.2, 0.25) is 0 Å². The number of hydrogen-bond acceptors (Lipinski definition) is 5. The van der Waals surface area contributed by atoms with Gasteiger partial charge in [-0.25, -0.2) is 8.42 Å². The van der Waals surface area contributed by atoms with Crippen LogP contribution in [0.1, 0.15) is 0 Å². The van der Waals surface area contributed by atoms with Gasteiger partial charge in [0.15, 0.2) is 11.5 Å². The van der Waals surface area contributed by atoms with Crippen molar-refractivity contribution in [3.05, 3.63) is 48.4 Å². The Hall–Kier alpha value is -1.99. The van der Waals surface area contributed by atoms with Crippen LogP contribution in [0.3, 0.4) is 0 Å². The van der Waals surface area contributed by atoms with Gasteiger partial charge in [-0.15, -0.1) is 17.9 Å². The number of anilines is 1. The smallest absolute Gasteiger partial charge is 0.274 e. The van der Waals surface area contributed by atoms with Gasteiger partial charge in [0.1, 0.15) is 17.4 Å². The first-order chi connectivity index (χ1) is 10.6. The first-order valence-electron chi connectivity index (χ1n) is 6.70. The van der Waals surface area contributed by atoms with Crippen LogP contribution in [0, 0.1) is 0 Å². The van der Waals surface area contributed by atoms with Gasteiger partial charge in [0.05, 0.1) is 12.2 Å². The number of hydrogen-bond donors (Lipinski definition) is 0. The molecule has 1 aromatic heterocycles. The molecule has 2 aromatic rings. The highest BCUT2D eigenvalue weighted by Crippen LogP contribution is 2.36. The Balaban J connectivity index is 2.03. The maximum absolute atomic E-state index is 12.8. The van der Waals surface area contributed by atoms with Crippen molar-refractivity contribution in [2.75, 3.05) is 24.1 Å². The van der Waals surface area contributed by atoms with E-state index < -0.39 is 10.0 Å². The zero-order chi connectivity index (χ0) is 15.6. The molecular weight excluding hydrogens is 322 g/mol. The van der Waals surface area contributed by atoms with Crippen LogP contribution in [0.15, 0.2) is 52.6 Å². The summed E-state index contributed by atoms with van der Waals surface area (Å²) in [7, 11) is -3.62. The molecule has 0 amide bonds. The average molecular weight is 337 g/mol. The van der Waals surface area contributed by atoms with Gasteiger partial charge < -0.3 is 9.47 Å². The number of rotatable bonds is 5. The summed E-state index contributed by atoms with van der Waals surface area (Å²) in [6.45, 7) is 4.78. The van der Waals surface area contributed by atoms with E-state index in [1.54, 1.807) is 41.8 Å². The van der Waals surface area contributed by atoms with Crippen LogP contribution < -0.4 is 13.8 Å². The molecule has 0 aliphatic carbocycles. The van der Waals surface area contributed by atoms with E-state index in [0.717, 1.165) is 0 Å². The Bertz CT molecular complexity index is 769. The lowest BCUT2D eigenvalue weighted by molar-refractivity contribution is 0.171. The Labute approximate surface area is 133 Å². The minimum absolute atomic E-state index is 0.180. The van der Waals surface area contributed by atoms with Gasteiger partial charge in [0, 0.05) is 6.07 Å². The minimum atomic E-state index is -3.62. The lowest BCUT2D eigenvalue weighted by Gasteiger charge is -2.25. The summed E-state index contributed by atoms with van der Waals surface area (Å²) in [5, 5.41) is 1.74. The summed E-state index contributed by atoms with van der Waals surface area (Å²) in [6, 6.07) is 8.43. The van der Waals surface area contributed by atoms with Crippen LogP contribution in [0.25, 0.3) is 0 Å². The molecule has 0 fully saturated rings. The van der Waals surface area contributed by atoms with Gasteiger partial charge in [0.2, 0.25) is 0 Å². The third-order valence-electron chi connectivity index (χ3n) is 3.15. The van der Waals surface area contributed by atoms with Gasteiger partial charge >= 0.3 is 0 Å². The third-order valence-corrected chi connectivity index (χ3v) is 6.31. The molecule has 0 radical (unpaired) electrons. The molecule has 7 heteroatoms. The summed E-state index contributed by atoms with van der Waals surface area (Å²) in [4.78, 5) is 0. The van der Waals surface area contributed by atoms with E-state index in [4.69, 9.17) is 9.47 Å². The van der Waals surface area contributed by atoms with Crippen LogP contribution in [0.4, 0.5) is 5.69 Å². The number of thiophene rings is 1. The molecule has 0 N–H and O–H groups in total. The third kappa shape index (κ3) is 2.69. The van der Waals surface area contributed by atoms with E-state index in [9.17, 15) is 8.42 Å². The quantitative estimate of drug-likeness (QED) is 0.787. The van der Waals surface area contributed by atoms with Crippen molar-refractivity contribution >= 4 is 27.0 Å². The van der Waals surface area contributed by atoms with Gasteiger partial charge in [0.25, 0.3) is 10.0 Å². The fourth-order valence-electron chi connectivity index (χ4n) is 2.17. The summed E-state index contributed by atoms with van der Waals surface area (Å²) in [6.07, 6.45) is 1.56. The molecule has 0 saturated heterocycles. The Kier molecular flexibility index (Phi) is 4.08. The largest absolute Gasteiger partial charge is 0.486 e.